The molecule has 0 fully saturated rings. The Balaban J connectivity index is 2.40. The molecule has 0 bridgehead atoms. The van der Waals surface area contributed by atoms with Crippen LogP contribution in [0.5, 0.6) is 0 Å². The summed E-state index contributed by atoms with van der Waals surface area (Å²) in [5.41, 5.74) is 8.44. The van der Waals surface area contributed by atoms with Gasteiger partial charge in [0.1, 0.15) is 0 Å². The average molecular weight is 342 g/mol. The number of nitrogens with one attached hydrogen (secondary N) is 2. The van der Waals surface area contributed by atoms with Crippen LogP contribution in [-0.4, -0.2) is 43.6 Å². The van der Waals surface area contributed by atoms with Crippen LogP contribution in [-0.2, 0) is 12.8 Å². The molecule has 7 nitrogen and oxygen atoms in total. The van der Waals surface area contributed by atoms with Crippen molar-refractivity contribution in [2.24, 2.45) is 5.73 Å². The zero-order valence-electron chi connectivity index (χ0n) is 15.3. The molecule has 0 aliphatic heterocycles. The highest BCUT2D eigenvalue weighted by Gasteiger charge is 2.18. The first kappa shape index (κ1) is 18.7. The number of rotatable bonds is 8. The molecule has 0 aliphatic rings. The van der Waals surface area contributed by atoms with Gasteiger partial charge in [-0.3, -0.25) is 4.79 Å². The third-order valence-corrected chi connectivity index (χ3v) is 3.79. The van der Waals surface area contributed by atoms with Gasteiger partial charge in [-0.05, 0) is 44.1 Å². The predicted octanol–water partition coefficient (Wildman–Crippen LogP) is 1.71. The first-order valence-electron chi connectivity index (χ1n) is 8.34. The summed E-state index contributed by atoms with van der Waals surface area (Å²) in [6.45, 7) is 2.87. The van der Waals surface area contributed by atoms with Crippen LogP contribution in [0.15, 0.2) is 24.3 Å². The number of aromatic nitrogens is 2. The van der Waals surface area contributed by atoms with E-state index in [2.05, 4.69) is 26.7 Å². The van der Waals surface area contributed by atoms with Gasteiger partial charge < -0.3 is 21.3 Å². The first-order chi connectivity index (χ1) is 12.0. The predicted molar refractivity (Wildman–Crippen MR) is 102 cm³/mol. The molecule has 2 rings (SSSR count). The van der Waals surface area contributed by atoms with Crippen molar-refractivity contribution in [3.63, 3.8) is 0 Å². The van der Waals surface area contributed by atoms with Crippen LogP contribution in [0.4, 0.5) is 17.3 Å². The van der Waals surface area contributed by atoms with E-state index in [9.17, 15) is 4.79 Å². The fraction of sp³-hybridized carbons (Fsp3) is 0.389. The highest BCUT2D eigenvalue weighted by molar-refractivity contribution is 5.96. The van der Waals surface area contributed by atoms with Gasteiger partial charge in [-0.15, -0.1) is 0 Å². The number of hydrogen-bond donors (Lipinski definition) is 3. The normalized spacial score (nSPS) is 10.6. The van der Waals surface area contributed by atoms with Gasteiger partial charge in [-0.2, -0.15) is 0 Å². The Labute approximate surface area is 148 Å². The Bertz CT molecular complexity index is 744. The maximum absolute atomic E-state index is 11.8. The Morgan fingerprint density at radius 2 is 2.04 bits per heavy atom. The Kier molecular flexibility index (Phi) is 6.30. The molecular formula is C18H26N6O. The SMILES string of the molecule is CCc1nc(C(N)=O)c(Nc2cccc(CCNC)c2)nc1N(C)C. The van der Waals surface area contributed by atoms with E-state index in [1.165, 1.54) is 5.56 Å². The highest BCUT2D eigenvalue weighted by atomic mass is 16.1. The third kappa shape index (κ3) is 4.67. The standard InChI is InChI=1S/C18H26N6O/c1-5-14-18(24(3)4)23-17(15(22-14)16(19)25)21-13-8-6-7-12(11-13)9-10-20-2/h6-8,11,20H,5,9-10H2,1-4H3,(H2,19,25)(H,21,23). The van der Waals surface area contributed by atoms with E-state index in [4.69, 9.17) is 5.73 Å². The van der Waals surface area contributed by atoms with E-state index >= 15 is 0 Å². The number of hydrogen-bond acceptors (Lipinski definition) is 6. The van der Waals surface area contributed by atoms with Crippen LogP contribution in [0.1, 0.15) is 28.7 Å². The molecule has 1 aromatic heterocycles. The van der Waals surface area contributed by atoms with Crippen LogP contribution in [0.25, 0.3) is 0 Å². The number of benzene rings is 1. The van der Waals surface area contributed by atoms with Crippen molar-refractivity contribution in [2.75, 3.05) is 37.9 Å². The van der Waals surface area contributed by atoms with Crippen molar-refractivity contribution in [3.8, 4) is 0 Å². The van der Waals surface area contributed by atoms with Crippen molar-refractivity contribution < 1.29 is 4.79 Å². The Morgan fingerprint density at radius 3 is 2.64 bits per heavy atom. The van der Waals surface area contributed by atoms with E-state index < -0.39 is 5.91 Å². The molecular weight excluding hydrogens is 316 g/mol. The molecule has 1 amide bonds. The zero-order chi connectivity index (χ0) is 18.4. The second kappa shape index (κ2) is 8.43. The number of aryl methyl sites for hydroxylation is 1. The van der Waals surface area contributed by atoms with Gasteiger partial charge in [0, 0.05) is 19.8 Å². The second-order valence-electron chi connectivity index (χ2n) is 5.98. The third-order valence-electron chi connectivity index (χ3n) is 3.79. The lowest BCUT2D eigenvalue weighted by Crippen LogP contribution is -2.21. The number of anilines is 3. The molecule has 0 saturated carbocycles. The van der Waals surface area contributed by atoms with Gasteiger partial charge in [0.05, 0.1) is 5.69 Å². The van der Waals surface area contributed by atoms with Crippen molar-refractivity contribution in [1.82, 2.24) is 15.3 Å². The molecule has 7 heteroatoms. The Morgan fingerprint density at radius 1 is 1.28 bits per heavy atom. The average Bonchev–Trinajstić information content (AvgIpc) is 2.59. The van der Waals surface area contributed by atoms with Gasteiger partial charge in [0.25, 0.3) is 5.91 Å². The number of nitrogens with zero attached hydrogens (tertiary/aromatic N) is 3. The van der Waals surface area contributed by atoms with Gasteiger partial charge >= 0.3 is 0 Å². The maximum Gasteiger partial charge on any atom is 0.271 e. The van der Waals surface area contributed by atoms with Gasteiger partial charge in [-0.25, -0.2) is 9.97 Å². The number of carbonyl (C=O) groups is 1. The molecule has 0 unspecified atom stereocenters. The monoisotopic (exact) mass is 342 g/mol. The van der Waals surface area contributed by atoms with Crippen LogP contribution in [0.2, 0.25) is 0 Å². The minimum absolute atomic E-state index is 0.156. The summed E-state index contributed by atoms with van der Waals surface area (Å²) < 4.78 is 0. The van der Waals surface area contributed by atoms with E-state index in [0.29, 0.717) is 12.2 Å². The lowest BCUT2D eigenvalue weighted by molar-refractivity contribution is 0.0996. The largest absolute Gasteiger partial charge is 0.364 e. The summed E-state index contributed by atoms with van der Waals surface area (Å²) >= 11 is 0. The molecule has 0 radical (unpaired) electrons. The fourth-order valence-electron chi connectivity index (χ4n) is 2.53. The summed E-state index contributed by atoms with van der Waals surface area (Å²) in [7, 11) is 5.72. The lowest BCUT2D eigenvalue weighted by atomic mass is 10.1. The van der Waals surface area contributed by atoms with Crippen molar-refractivity contribution in [2.45, 2.75) is 19.8 Å². The second-order valence-corrected chi connectivity index (χ2v) is 5.98. The number of likely N-dealkylation sites (N-methyl/N-ethyl adjacent to an activating group) is 1. The minimum atomic E-state index is -0.596. The minimum Gasteiger partial charge on any atom is -0.364 e. The molecule has 25 heavy (non-hydrogen) atoms. The number of primary amides is 1. The summed E-state index contributed by atoms with van der Waals surface area (Å²) in [6, 6.07) is 8.00. The molecule has 0 saturated heterocycles. The van der Waals surface area contributed by atoms with Crippen molar-refractivity contribution in [1.29, 1.82) is 0 Å². The first-order valence-corrected chi connectivity index (χ1v) is 8.34. The van der Waals surface area contributed by atoms with Crippen LogP contribution >= 0.6 is 0 Å². The molecule has 2 aromatic rings. The van der Waals surface area contributed by atoms with Gasteiger partial charge in [-0.1, -0.05) is 19.1 Å². The number of carbonyl (C=O) groups excluding carboxylic acids is 1. The number of amides is 1. The van der Waals surface area contributed by atoms with E-state index in [1.54, 1.807) is 0 Å². The topological polar surface area (TPSA) is 96.2 Å². The molecule has 134 valence electrons. The van der Waals surface area contributed by atoms with Crippen LogP contribution < -0.4 is 21.3 Å². The molecule has 4 N–H and O–H groups in total. The summed E-state index contributed by atoms with van der Waals surface area (Å²) in [6.07, 6.45) is 1.58. The van der Waals surface area contributed by atoms with Crippen molar-refractivity contribution >= 4 is 23.2 Å². The molecule has 1 heterocycles. The van der Waals surface area contributed by atoms with E-state index in [0.717, 1.165) is 30.2 Å². The zero-order valence-corrected chi connectivity index (χ0v) is 15.3. The fourth-order valence-corrected chi connectivity index (χ4v) is 2.53. The molecule has 1 aromatic carbocycles. The van der Waals surface area contributed by atoms with Gasteiger partial charge in [0.15, 0.2) is 17.3 Å². The molecule has 0 aliphatic carbocycles. The summed E-state index contributed by atoms with van der Waals surface area (Å²) in [5.74, 6) is 0.502. The maximum atomic E-state index is 11.8. The van der Waals surface area contributed by atoms with Crippen LogP contribution in [0, 0.1) is 0 Å². The summed E-state index contributed by atoms with van der Waals surface area (Å²) in [4.78, 5) is 22.7. The Hall–Kier alpha value is -2.67. The smallest absolute Gasteiger partial charge is 0.271 e. The van der Waals surface area contributed by atoms with E-state index in [-0.39, 0.29) is 5.69 Å². The highest BCUT2D eigenvalue weighted by Crippen LogP contribution is 2.24. The lowest BCUT2D eigenvalue weighted by Gasteiger charge is -2.18. The van der Waals surface area contributed by atoms with Crippen molar-refractivity contribution in [3.05, 3.63) is 41.2 Å². The molecule has 0 spiro atoms. The van der Waals surface area contributed by atoms with E-state index in [1.807, 2.05) is 51.2 Å². The quantitative estimate of drug-likeness (QED) is 0.676. The summed E-state index contributed by atoms with van der Waals surface area (Å²) in [5, 5.41) is 6.33. The van der Waals surface area contributed by atoms with Crippen LogP contribution in [0.3, 0.4) is 0 Å². The number of nitrogens with two attached hydrogens (primary N) is 1. The van der Waals surface area contributed by atoms with Gasteiger partial charge in [0.2, 0.25) is 0 Å². The molecule has 0 atom stereocenters.